The van der Waals surface area contributed by atoms with Crippen LogP contribution in [0.15, 0.2) is 5.38 Å². The first-order valence-electron chi connectivity index (χ1n) is 6.18. The molecule has 1 aliphatic heterocycles. The Morgan fingerprint density at radius 1 is 1.50 bits per heavy atom. The fourth-order valence-corrected chi connectivity index (χ4v) is 2.53. The molecule has 1 fully saturated rings. The summed E-state index contributed by atoms with van der Waals surface area (Å²) < 4.78 is 26.3. The lowest BCUT2D eigenvalue weighted by atomic mass is 10.2. The Bertz CT molecular complexity index is 505. The summed E-state index contributed by atoms with van der Waals surface area (Å²) in [7, 11) is 0. The van der Waals surface area contributed by atoms with Crippen molar-refractivity contribution in [1.82, 2.24) is 9.88 Å². The van der Waals surface area contributed by atoms with Crippen LogP contribution in [0.25, 0.3) is 0 Å². The molecule has 1 amide bonds. The highest BCUT2D eigenvalue weighted by Crippen LogP contribution is 2.32. The highest BCUT2D eigenvalue weighted by Gasteiger charge is 2.45. The lowest BCUT2D eigenvalue weighted by Gasteiger charge is -2.19. The van der Waals surface area contributed by atoms with Gasteiger partial charge in [-0.2, -0.15) is 0 Å². The van der Waals surface area contributed by atoms with Gasteiger partial charge in [0.25, 0.3) is 11.8 Å². The van der Waals surface area contributed by atoms with Gasteiger partial charge < -0.3 is 10.0 Å². The average molecular weight is 306 g/mol. The molecule has 0 aromatic carbocycles. The second-order valence-electron chi connectivity index (χ2n) is 4.19. The van der Waals surface area contributed by atoms with Gasteiger partial charge in [0.15, 0.2) is 0 Å². The highest BCUT2D eigenvalue weighted by molar-refractivity contribution is 7.11. The molecule has 5 nitrogen and oxygen atoms in total. The van der Waals surface area contributed by atoms with Crippen molar-refractivity contribution in [2.45, 2.75) is 39.2 Å². The molecule has 2 heterocycles. The molecular formula is C12H16F2N2O3S. The SMILES string of the molecule is CC.C[C@H]1CC(F)(F)CN1C(=O)c1csc(C(=O)O)n1. The maximum absolute atomic E-state index is 13.1. The molecule has 1 atom stereocenters. The normalized spacial score (nSPS) is 20.2. The Morgan fingerprint density at radius 2 is 2.10 bits per heavy atom. The van der Waals surface area contributed by atoms with Gasteiger partial charge in [-0.1, -0.05) is 13.8 Å². The number of alkyl halides is 2. The van der Waals surface area contributed by atoms with Crippen molar-refractivity contribution >= 4 is 23.2 Å². The zero-order valence-electron chi connectivity index (χ0n) is 11.4. The van der Waals surface area contributed by atoms with Crippen LogP contribution in [0.2, 0.25) is 0 Å². The molecule has 1 aromatic rings. The Hall–Kier alpha value is -1.57. The summed E-state index contributed by atoms with van der Waals surface area (Å²) in [6, 6.07) is -0.581. The smallest absolute Gasteiger partial charge is 0.365 e. The number of carboxylic acid groups (broad SMARTS) is 1. The van der Waals surface area contributed by atoms with Gasteiger partial charge in [0.05, 0.1) is 6.54 Å². The Kier molecular flexibility index (Phi) is 5.15. The van der Waals surface area contributed by atoms with E-state index in [1.165, 1.54) is 12.3 Å². The van der Waals surface area contributed by atoms with Crippen molar-refractivity contribution in [3.8, 4) is 0 Å². The summed E-state index contributed by atoms with van der Waals surface area (Å²) in [6.07, 6.45) is -0.380. The predicted octanol–water partition coefficient (Wildman–Crippen LogP) is 2.74. The second-order valence-corrected chi connectivity index (χ2v) is 5.04. The molecule has 1 N–H and O–H groups in total. The zero-order chi connectivity index (χ0) is 15.5. The molecule has 8 heteroatoms. The van der Waals surface area contributed by atoms with Gasteiger partial charge in [0.2, 0.25) is 5.01 Å². The molecular weight excluding hydrogens is 290 g/mol. The molecule has 1 aromatic heterocycles. The number of rotatable bonds is 2. The first-order chi connectivity index (χ1) is 9.30. The highest BCUT2D eigenvalue weighted by atomic mass is 32.1. The maximum atomic E-state index is 13.1. The van der Waals surface area contributed by atoms with E-state index in [9.17, 15) is 18.4 Å². The van der Waals surface area contributed by atoms with Crippen LogP contribution in [-0.2, 0) is 0 Å². The summed E-state index contributed by atoms with van der Waals surface area (Å²) >= 11 is 0.800. The van der Waals surface area contributed by atoms with E-state index in [4.69, 9.17) is 5.11 Å². The number of amides is 1. The van der Waals surface area contributed by atoms with E-state index >= 15 is 0 Å². The third kappa shape index (κ3) is 3.50. The minimum Gasteiger partial charge on any atom is -0.476 e. The topological polar surface area (TPSA) is 70.5 Å². The van der Waals surface area contributed by atoms with E-state index in [2.05, 4.69) is 4.98 Å². The Labute approximate surface area is 119 Å². The van der Waals surface area contributed by atoms with Gasteiger partial charge >= 0.3 is 5.97 Å². The predicted molar refractivity (Wildman–Crippen MR) is 70.5 cm³/mol. The van der Waals surface area contributed by atoms with Gasteiger partial charge in [0.1, 0.15) is 5.69 Å². The fourth-order valence-electron chi connectivity index (χ4n) is 1.90. The van der Waals surface area contributed by atoms with Gasteiger partial charge in [-0.05, 0) is 6.92 Å². The molecule has 0 spiro atoms. The number of aromatic nitrogens is 1. The van der Waals surface area contributed by atoms with Crippen molar-refractivity contribution in [3.63, 3.8) is 0 Å². The first-order valence-corrected chi connectivity index (χ1v) is 7.06. The lowest BCUT2D eigenvalue weighted by Crippen LogP contribution is -2.35. The van der Waals surface area contributed by atoms with Crippen LogP contribution in [-0.4, -0.2) is 45.4 Å². The fraction of sp³-hybridized carbons (Fsp3) is 0.583. The molecule has 20 heavy (non-hydrogen) atoms. The summed E-state index contributed by atoms with van der Waals surface area (Å²) in [6.45, 7) is 4.89. The molecule has 2 rings (SSSR count). The van der Waals surface area contributed by atoms with E-state index in [1.54, 1.807) is 0 Å². The molecule has 112 valence electrons. The monoisotopic (exact) mass is 306 g/mol. The summed E-state index contributed by atoms with van der Waals surface area (Å²) in [4.78, 5) is 27.2. The maximum Gasteiger partial charge on any atom is 0.365 e. The van der Waals surface area contributed by atoms with E-state index in [1.807, 2.05) is 13.8 Å². The quantitative estimate of drug-likeness (QED) is 0.912. The lowest BCUT2D eigenvalue weighted by molar-refractivity contribution is 0.0117. The van der Waals surface area contributed by atoms with Crippen molar-refractivity contribution in [2.75, 3.05) is 6.54 Å². The van der Waals surface area contributed by atoms with Crippen molar-refractivity contribution in [1.29, 1.82) is 0 Å². The van der Waals surface area contributed by atoms with Gasteiger partial charge in [0, 0.05) is 17.8 Å². The molecule has 0 unspecified atom stereocenters. The number of hydrogen-bond acceptors (Lipinski definition) is 4. The largest absolute Gasteiger partial charge is 0.476 e. The van der Waals surface area contributed by atoms with Crippen LogP contribution in [0.4, 0.5) is 8.78 Å². The standard InChI is InChI=1S/C10H10F2N2O3S.C2H6/c1-5-2-10(11,12)4-14(5)8(15)6-3-18-7(13-6)9(16)17;1-2/h3,5H,2,4H2,1H3,(H,16,17);1-2H3/t5-;/m0./s1. The summed E-state index contributed by atoms with van der Waals surface area (Å²) in [5, 5.41) is 9.73. The Balaban J connectivity index is 0.000000956. The van der Waals surface area contributed by atoms with Crippen LogP contribution in [0.1, 0.15) is 47.5 Å². The third-order valence-electron chi connectivity index (χ3n) is 2.69. The average Bonchev–Trinajstić information content (AvgIpc) is 2.95. The number of carboxylic acids is 1. The van der Waals surface area contributed by atoms with Crippen LogP contribution < -0.4 is 0 Å². The number of hydrogen-bond donors (Lipinski definition) is 1. The van der Waals surface area contributed by atoms with E-state index in [-0.39, 0.29) is 17.1 Å². The van der Waals surface area contributed by atoms with Gasteiger partial charge in [-0.15, -0.1) is 11.3 Å². The molecule has 0 aliphatic carbocycles. The summed E-state index contributed by atoms with van der Waals surface area (Å²) in [5.41, 5.74) is -0.0954. The van der Waals surface area contributed by atoms with Crippen molar-refractivity contribution < 1.29 is 23.5 Å². The van der Waals surface area contributed by atoms with Gasteiger partial charge in [-0.25, -0.2) is 18.6 Å². The number of halogens is 2. The van der Waals surface area contributed by atoms with Crippen LogP contribution >= 0.6 is 11.3 Å². The minimum atomic E-state index is -2.89. The number of carbonyl (C=O) groups excluding carboxylic acids is 1. The molecule has 1 saturated heterocycles. The minimum absolute atomic E-state index is 0.0954. The molecule has 0 radical (unpaired) electrons. The van der Waals surface area contributed by atoms with Crippen LogP contribution in [0.5, 0.6) is 0 Å². The molecule has 0 saturated carbocycles. The number of carbonyl (C=O) groups is 2. The van der Waals surface area contributed by atoms with E-state index in [0.29, 0.717) is 0 Å². The van der Waals surface area contributed by atoms with E-state index < -0.39 is 30.4 Å². The van der Waals surface area contributed by atoms with Crippen LogP contribution in [0.3, 0.4) is 0 Å². The molecule has 1 aliphatic rings. The second kappa shape index (κ2) is 6.25. The van der Waals surface area contributed by atoms with Crippen LogP contribution in [0, 0.1) is 0 Å². The first kappa shape index (κ1) is 16.5. The zero-order valence-corrected chi connectivity index (χ0v) is 12.2. The van der Waals surface area contributed by atoms with Gasteiger partial charge in [-0.3, -0.25) is 4.79 Å². The number of thiazole rings is 1. The molecule has 0 bridgehead atoms. The van der Waals surface area contributed by atoms with Crippen molar-refractivity contribution in [2.24, 2.45) is 0 Å². The number of likely N-dealkylation sites (tertiary alicyclic amines) is 1. The number of nitrogens with zero attached hydrogens (tertiary/aromatic N) is 2. The third-order valence-corrected chi connectivity index (χ3v) is 3.53. The Morgan fingerprint density at radius 3 is 2.50 bits per heavy atom. The van der Waals surface area contributed by atoms with E-state index in [0.717, 1.165) is 16.2 Å². The number of aromatic carboxylic acids is 1. The van der Waals surface area contributed by atoms with Crippen molar-refractivity contribution in [3.05, 3.63) is 16.1 Å². The summed E-state index contributed by atoms with van der Waals surface area (Å²) in [5.74, 6) is -4.77.